The van der Waals surface area contributed by atoms with E-state index in [1.807, 2.05) is 21.1 Å². The second-order valence-corrected chi connectivity index (χ2v) is 18.8. The van der Waals surface area contributed by atoms with E-state index >= 15 is 0 Å². The number of quaternary nitrogens is 1. The minimum Gasteiger partial charge on any atom is -0.477 e. The summed E-state index contributed by atoms with van der Waals surface area (Å²) < 4.78 is 22.8. The van der Waals surface area contributed by atoms with Crippen molar-refractivity contribution in [2.75, 3.05) is 47.5 Å². The fourth-order valence-electron chi connectivity index (χ4n) is 7.48. The van der Waals surface area contributed by atoms with Crippen LogP contribution in [0.5, 0.6) is 0 Å². The Kier molecular flexibility index (Phi) is 43.2. The molecule has 1 N–H and O–H groups in total. The molecule has 0 fully saturated rings. The van der Waals surface area contributed by atoms with E-state index in [0.29, 0.717) is 23.9 Å². The zero-order chi connectivity index (χ0) is 44.9. The van der Waals surface area contributed by atoms with E-state index in [1.54, 1.807) is 0 Å². The van der Waals surface area contributed by atoms with Gasteiger partial charge in [0, 0.05) is 12.8 Å². The standard InChI is InChI=1S/C52H99NO8/c1-6-8-10-12-14-16-18-20-21-22-23-24-25-26-27-28-29-30-31-33-34-36-38-40-42-49(54)59-46-48(47-60-52(51(56)57)58-45-44-53(3,4)5)61-50(55)43-41-39-37-35-32-19-17-15-13-11-9-7-2/h15,17,48,52H,6-14,16,18-47H2,1-5H3/p+1/b17-15-. The molecule has 0 saturated carbocycles. The third-order valence-electron chi connectivity index (χ3n) is 11.5. The maximum Gasteiger partial charge on any atom is 0.361 e. The lowest BCUT2D eigenvalue weighted by molar-refractivity contribution is -0.870. The van der Waals surface area contributed by atoms with Crippen LogP contribution in [0.2, 0.25) is 0 Å². The zero-order valence-electron chi connectivity index (χ0n) is 40.8. The van der Waals surface area contributed by atoms with Crippen molar-refractivity contribution in [3.8, 4) is 0 Å². The third-order valence-corrected chi connectivity index (χ3v) is 11.5. The first-order chi connectivity index (χ1) is 29.6. The Morgan fingerprint density at radius 1 is 0.475 bits per heavy atom. The van der Waals surface area contributed by atoms with Gasteiger partial charge in [0.05, 0.1) is 34.4 Å². The van der Waals surface area contributed by atoms with Crippen LogP contribution in [0.3, 0.4) is 0 Å². The molecule has 9 nitrogen and oxygen atoms in total. The maximum absolute atomic E-state index is 12.8. The normalized spacial score (nSPS) is 12.9. The van der Waals surface area contributed by atoms with Gasteiger partial charge in [0.1, 0.15) is 13.2 Å². The molecule has 0 bridgehead atoms. The number of esters is 2. The molecule has 0 aromatic carbocycles. The van der Waals surface area contributed by atoms with Gasteiger partial charge in [-0.2, -0.15) is 0 Å². The number of likely N-dealkylation sites (N-methyl/N-ethyl adjacent to an activating group) is 1. The van der Waals surface area contributed by atoms with E-state index in [9.17, 15) is 19.5 Å². The van der Waals surface area contributed by atoms with Crippen molar-refractivity contribution in [3.05, 3.63) is 12.2 Å². The van der Waals surface area contributed by atoms with Gasteiger partial charge in [0.25, 0.3) is 6.29 Å². The first kappa shape index (κ1) is 59.0. The lowest BCUT2D eigenvalue weighted by Crippen LogP contribution is -2.40. The minimum atomic E-state index is -1.51. The van der Waals surface area contributed by atoms with Crippen LogP contribution in [-0.4, -0.2) is 87.4 Å². The lowest BCUT2D eigenvalue weighted by Gasteiger charge is -2.25. The predicted molar refractivity (Wildman–Crippen MR) is 254 cm³/mol. The predicted octanol–water partition coefficient (Wildman–Crippen LogP) is 14.2. The summed E-state index contributed by atoms with van der Waals surface area (Å²) in [4.78, 5) is 37.2. The number of ether oxygens (including phenoxy) is 4. The van der Waals surface area contributed by atoms with Gasteiger partial charge in [0.2, 0.25) is 0 Å². The third kappa shape index (κ3) is 45.9. The van der Waals surface area contributed by atoms with Crippen molar-refractivity contribution < 1.29 is 42.9 Å². The molecule has 2 atom stereocenters. The van der Waals surface area contributed by atoms with E-state index < -0.39 is 24.3 Å². The minimum absolute atomic E-state index is 0.179. The van der Waals surface area contributed by atoms with Crippen molar-refractivity contribution in [2.45, 2.75) is 257 Å². The number of carbonyl (C=O) groups excluding carboxylic acids is 2. The molecule has 61 heavy (non-hydrogen) atoms. The Balaban J connectivity index is 4.18. The van der Waals surface area contributed by atoms with E-state index in [2.05, 4.69) is 26.0 Å². The van der Waals surface area contributed by atoms with Gasteiger partial charge in [-0.05, 0) is 38.5 Å². The Morgan fingerprint density at radius 2 is 0.836 bits per heavy atom. The van der Waals surface area contributed by atoms with Gasteiger partial charge < -0.3 is 28.5 Å². The first-order valence-electron chi connectivity index (χ1n) is 25.9. The van der Waals surface area contributed by atoms with E-state index in [-0.39, 0.29) is 32.2 Å². The maximum atomic E-state index is 12.8. The van der Waals surface area contributed by atoms with Crippen molar-refractivity contribution in [3.63, 3.8) is 0 Å². The molecule has 0 saturated heterocycles. The van der Waals surface area contributed by atoms with Gasteiger partial charge in [-0.25, -0.2) is 4.79 Å². The highest BCUT2D eigenvalue weighted by molar-refractivity contribution is 5.71. The van der Waals surface area contributed by atoms with Crippen molar-refractivity contribution in [1.82, 2.24) is 0 Å². The average Bonchev–Trinajstić information content (AvgIpc) is 3.22. The van der Waals surface area contributed by atoms with Crippen LogP contribution < -0.4 is 0 Å². The smallest absolute Gasteiger partial charge is 0.361 e. The summed E-state index contributed by atoms with van der Waals surface area (Å²) >= 11 is 0. The van der Waals surface area contributed by atoms with Gasteiger partial charge in [-0.15, -0.1) is 0 Å². The van der Waals surface area contributed by atoms with Gasteiger partial charge in [0.15, 0.2) is 6.10 Å². The van der Waals surface area contributed by atoms with Crippen LogP contribution in [0, 0.1) is 0 Å². The van der Waals surface area contributed by atoms with Crippen molar-refractivity contribution >= 4 is 17.9 Å². The topological polar surface area (TPSA) is 108 Å². The summed E-state index contributed by atoms with van der Waals surface area (Å²) in [5.41, 5.74) is 0. The number of hydrogen-bond donors (Lipinski definition) is 1. The van der Waals surface area contributed by atoms with E-state index in [4.69, 9.17) is 18.9 Å². The monoisotopic (exact) mass is 867 g/mol. The molecule has 2 unspecified atom stereocenters. The number of carboxylic acids is 1. The molecule has 0 amide bonds. The van der Waals surface area contributed by atoms with Gasteiger partial charge in [-0.1, -0.05) is 206 Å². The fourth-order valence-corrected chi connectivity index (χ4v) is 7.48. The van der Waals surface area contributed by atoms with Gasteiger partial charge in [-0.3, -0.25) is 9.59 Å². The molecule has 360 valence electrons. The molecule has 0 rings (SSSR count). The molecule has 0 aliphatic carbocycles. The molecule has 0 heterocycles. The summed E-state index contributed by atoms with van der Waals surface area (Å²) in [7, 11) is 5.96. The Morgan fingerprint density at radius 3 is 1.25 bits per heavy atom. The SMILES string of the molecule is CCCCC/C=C\CCCCCCCC(=O)OC(COC(=O)CCCCCCCCCCCCCCCCCCCCCCCCCC)COC(OCC[N+](C)(C)C)C(=O)O. The zero-order valence-corrected chi connectivity index (χ0v) is 40.8. The number of unbranched alkanes of at least 4 members (excludes halogenated alkanes) is 31. The second kappa shape index (κ2) is 44.6. The first-order valence-corrected chi connectivity index (χ1v) is 25.9. The van der Waals surface area contributed by atoms with E-state index in [0.717, 1.165) is 51.4 Å². The number of hydrogen-bond acceptors (Lipinski definition) is 7. The molecular weight excluding hydrogens is 767 g/mol. The molecular formula is C52H100NO8+. The summed E-state index contributed by atoms with van der Waals surface area (Å²) in [5, 5.41) is 9.65. The number of nitrogens with zero attached hydrogens (tertiary/aromatic N) is 1. The number of allylic oxidation sites excluding steroid dienone is 2. The molecule has 0 spiro atoms. The molecule has 0 aromatic rings. The molecule has 0 aliphatic heterocycles. The van der Waals surface area contributed by atoms with E-state index in [1.165, 1.54) is 161 Å². The number of rotatable bonds is 48. The van der Waals surface area contributed by atoms with Crippen LogP contribution in [-0.2, 0) is 33.3 Å². The van der Waals surface area contributed by atoms with Crippen molar-refractivity contribution in [1.29, 1.82) is 0 Å². The number of aliphatic carboxylic acids is 1. The average molecular weight is 867 g/mol. The highest BCUT2D eigenvalue weighted by atomic mass is 16.7. The Hall–Kier alpha value is -1.97. The van der Waals surface area contributed by atoms with Crippen LogP contribution >= 0.6 is 0 Å². The number of carbonyl (C=O) groups is 3. The molecule has 0 radical (unpaired) electrons. The Labute approximate surface area is 376 Å². The largest absolute Gasteiger partial charge is 0.477 e. The summed E-state index contributed by atoms with van der Waals surface area (Å²) in [6.45, 7) is 4.87. The summed E-state index contributed by atoms with van der Waals surface area (Å²) in [6, 6.07) is 0. The van der Waals surface area contributed by atoms with Crippen molar-refractivity contribution in [2.24, 2.45) is 0 Å². The molecule has 9 heteroatoms. The Bertz CT molecular complexity index is 1010. The molecule has 0 aromatic heterocycles. The molecule has 0 aliphatic rings. The van der Waals surface area contributed by atoms with Crippen LogP contribution in [0.15, 0.2) is 12.2 Å². The highest BCUT2D eigenvalue weighted by Crippen LogP contribution is 2.17. The number of carboxylic acid groups (broad SMARTS) is 1. The summed E-state index contributed by atoms with van der Waals surface area (Å²) in [5.74, 6) is -2.00. The van der Waals surface area contributed by atoms with Crippen LogP contribution in [0.4, 0.5) is 0 Å². The van der Waals surface area contributed by atoms with Crippen LogP contribution in [0.1, 0.15) is 245 Å². The lowest BCUT2D eigenvalue weighted by atomic mass is 10.0. The highest BCUT2D eigenvalue weighted by Gasteiger charge is 2.25. The quantitative estimate of drug-likeness (QED) is 0.0212. The van der Waals surface area contributed by atoms with Crippen LogP contribution in [0.25, 0.3) is 0 Å². The summed E-state index contributed by atoms with van der Waals surface area (Å²) in [6.07, 6.45) is 45.7. The second-order valence-electron chi connectivity index (χ2n) is 18.8. The van der Waals surface area contributed by atoms with Gasteiger partial charge >= 0.3 is 17.9 Å². The fraction of sp³-hybridized carbons (Fsp3) is 0.904.